The van der Waals surface area contributed by atoms with E-state index < -0.39 is 17.5 Å². The quantitative estimate of drug-likeness (QED) is 0.599. The third-order valence-corrected chi connectivity index (χ3v) is 7.64. The molecule has 4 atom stereocenters. The maximum absolute atomic E-state index is 13.2. The zero-order chi connectivity index (χ0) is 22.7. The fourth-order valence-corrected chi connectivity index (χ4v) is 5.73. The number of urea groups is 1. The van der Waals surface area contributed by atoms with E-state index in [2.05, 4.69) is 34.9 Å². The minimum Gasteiger partial charge on any atom is -0.354 e. The summed E-state index contributed by atoms with van der Waals surface area (Å²) in [6.45, 7) is 2.00. The van der Waals surface area contributed by atoms with Crippen molar-refractivity contribution in [3.63, 3.8) is 0 Å². The van der Waals surface area contributed by atoms with Gasteiger partial charge in [0.05, 0.1) is 0 Å². The summed E-state index contributed by atoms with van der Waals surface area (Å²) in [6.07, 6.45) is 1.07. The summed E-state index contributed by atoms with van der Waals surface area (Å²) in [7, 11) is 0. The molecule has 1 heterocycles. The summed E-state index contributed by atoms with van der Waals surface area (Å²) < 4.78 is 0. The smallest absolute Gasteiger partial charge is 0.325 e. The van der Waals surface area contributed by atoms with Gasteiger partial charge in [-0.15, -0.1) is 0 Å². The number of fused-ring (bicyclic) bond motifs is 4. The number of nitrogens with zero attached hydrogens (tertiary/aromatic N) is 1. The van der Waals surface area contributed by atoms with Gasteiger partial charge in [0, 0.05) is 6.54 Å². The number of hydrogen-bond donors (Lipinski definition) is 2. The van der Waals surface area contributed by atoms with Gasteiger partial charge in [-0.2, -0.15) is 0 Å². The van der Waals surface area contributed by atoms with Crippen molar-refractivity contribution in [2.24, 2.45) is 11.8 Å². The Bertz CT molecular complexity index is 1320. The third kappa shape index (κ3) is 3.12. The van der Waals surface area contributed by atoms with E-state index in [1.54, 1.807) is 6.92 Å². The van der Waals surface area contributed by atoms with Crippen LogP contribution in [-0.2, 0) is 21.5 Å². The molecule has 4 unspecified atom stereocenters. The third-order valence-electron chi connectivity index (χ3n) is 7.64. The van der Waals surface area contributed by atoms with Crippen molar-refractivity contribution in [3.8, 4) is 0 Å². The number of carbonyl (C=O) groups is 3. The number of rotatable bonds is 5. The Kier molecular flexibility index (Phi) is 4.34. The molecule has 4 amide bonds. The molecule has 0 aromatic heterocycles. The summed E-state index contributed by atoms with van der Waals surface area (Å²) in [5.41, 5.74) is 2.33. The van der Waals surface area contributed by atoms with Crippen LogP contribution in [0.3, 0.4) is 0 Å². The van der Waals surface area contributed by atoms with Gasteiger partial charge in [-0.05, 0) is 64.6 Å². The highest BCUT2D eigenvalue weighted by Gasteiger charge is 2.55. The van der Waals surface area contributed by atoms with Gasteiger partial charge in [0.1, 0.15) is 12.1 Å². The molecule has 3 aromatic carbocycles. The molecular weight excluding hydrogens is 414 g/mol. The van der Waals surface area contributed by atoms with Crippen molar-refractivity contribution in [1.82, 2.24) is 15.5 Å². The number of nitrogens with one attached hydrogen (secondary N) is 2. The second kappa shape index (κ2) is 7.17. The van der Waals surface area contributed by atoms with Crippen LogP contribution >= 0.6 is 0 Å². The van der Waals surface area contributed by atoms with Crippen molar-refractivity contribution in [2.45, 2.75) is 24.8 Å². The van der Waals surface area contributed by atoms with E-state index in [4.69, 9.17) is 0 Å². The molecule has 2 aliphatic carbocycles. The molecule has 166 valence electrons. The topological polar surface area (TPSA) is 78.5 Å². The van der Waals surface area contributed by atoms with Crippen LogP contribution in [0.2, 0.25) is 0 Å². The van der Waals surface area contributed by atoms with Crippen LogP contribution in [0, 0.1) is 11.8 Å². The first-order valence-corrected chi connectivity index (χ1v) is 11.4. The molecule has 0 spiro atoms. The molecule has 6 rings (SSSR count). The van der Waals surface area contributed by atoms with Gasteiger partial charge in [0.2, 0.25) is 5.91 Å². The van der Waals surface area contributed by atoms with Crippen LogP contribution in [0.4, 0.5) is 4.79 Å². The van der Waals surface area contributed by atoms with E-state index >= 15 is 0 Å². The Hall–Kier alpha value is -3.67. The maximum atomic E-state index is 13.2. The normalized spacial score (nSPS) is 27.3. The van der Waals surface area contributed by atoms with Gasteiger partial charge >= 0.3 is 6.03 Å². The first-order valence-electron chi connectivity index (χ1n) is 11.4. The zero-order valence-corrected chi connectivity index (χ0v) is 18.4. The van der Waals surface area contributed by atoms with Crippen molar-refractivity contribution in [1.29, 1.82) is 0 Å². The molecule has 33 heavy (non-hydrogen) atoms. The molecule has 3 aliphatic rings. The summed E-state index contributed by atoms with van der Waals surface area (Å²) in [5, 5.41) is 7.80. The van der Waals surface area contributed by atoms with Gasteiger partial charge in [-0.25, -0.2) is 4.79 Å². The van der Waals surface area contributed by atoms with Crippen molar-refractivity contribution >= 4 is 28.6 Å². The van der Waals surface area contributed by atoms with Crippen LogP contribution < -0.4 is 10.6 Å². The minimum atomic E-state index is -1.20. The van der Waals surface area contributed by atoms with E-state index in [1.165, 1.54) is 11.1 Å². The van der Waals surface area contributed by atoms with Crippen LogP contribution in [0.1, 0.15) is 29.5 Å². The highest BCUT2D eigenvalue weighted by atomic mass is 16.2. The lowest BCUT2D eigenvalue weighted by molar-refractivity contribution is -0.134. The molecule has 3 aromatic rings. The predicted octanol–water partition coefficient (Wildman–Crippen LogP) is 3.31. The Morgan fingerprint density at radius 1 is 1.06 bits per heavy atom. The molecule has 1 aliphatic heterocycles. The average Bonchev–Trinajstić information content (AvgIpc) is 3.28. The Balaban J connectivity index is 1.11. The van der Waals surface area contributed by atoms with Gasteiger partial charge in [-0.1, -0.05) is 60.7 Å². The van der Waals surface area contributed by atoms with Crippen LogP contribution in [-0.4, -0.2) is 35.8 Å². The van der Waals surface area contributed by atoms with Crippen molar-refractivity contribution < 1.29 is 14.4 Å². The van der Waals surface area contributed by atoms with Crippen molar-refractivity contribution in [2.75, 3.05) is 13.1 Å². The predicted molar refractivity (Wildman–Crippen MR) is 124 cm³/mol. The maximum Gasteiger partial charge on any atom is 0.325 e. The van der Waals surface area contributed by atoms with Gasteiger partial charge in [0.15, 0.2) is 0 Å². The van der Waals surface area contributed by atoms with Gasteiger partial charge < -0.3 is 10.6 Å². The van der Waals surface area contributed by atoms with Crippen LogP contribution in [0.15, 0.2) is 66.7 Å². The largest absolute Gasteiger partial charge is 0.354 e. The zero-order valence-electron chi connectivity index (χ0n) is 18.4. The van der Waals surface area contributed by atoms with Crippen molar-refractivity contribution in [3.05, 3.63) is 83.4 Å². The molecule has 1 saturated heterocycles. The molecule has 2 fully saturated rings. The number of hydrogen-bond acceptors (Lipinski definition) is 3. The highest BCUT2D eigenvalue weighted by Crippen LogP contribution is 2.60. The lowest BCUT2D eigenvalue weighted by atomic mass is 9.90. The van der Waals surface area contributed by atoms with E-state index in [0.29, 0.717) is 29.9 Å². The average molecular weight is 440 g/mol. The van der Waals surface area contributed by atoms with E-state index in [1.807, 2.05) is 42.5 Å². The number of imide groups is 1. The minimum absolute atomic E-state index is 0.271. The van der Waals surface area contributed by atoms with E-state index in [9.17, 15) is 14.4 Å². The van der Waals surface area contributed by atoms with Crippen LogP contribution in [0.25, 0.3) is 10.8 Å². The number of benzene rings is 3. The first kappa shape index (κ1) is 20.0. The molecule has 2 N–H and O–H groups in total. The van der Waals surface area contributed by atoms with E-state index in [-0.39, 0.29) is 12.5 Å². The number of amides is 4. The van der Waals surface area contributed by atoms with E-state index in [0.717, 1.165) is 22.1 Å². The SMILES string of the molecule is CC1(c2ccc3ccccc3c2)NC(=O)N(CC(=O)NCC2C3Cc4ccccc4C23)C1=O. The molecular formula is C27H25N3O3. The monoisotopic (exact) mass is 439 g/mol. The molecule has 1 saturated carbocycles. The Labute approximate surface area is 192 Å². The summed E-state index contributed by atoms with van der Waals surface area (Å²) >= 11 is 0. The molecule has 6 heteroatoms. The van der Waals surface area contributed by atoms with Crippen LogP contribution in [0.5, 0.6) is 0 Å². The fourth-order valence-electron chi connectivity index (χ4n) is 5.73. The first-order chi connectivity index (χ1) is 16.0. The molecule has 0 bridgehead atoms. The standard InChI is InChI=1S/C27H25N3O3/c1-27(19-11-10-16-6-2-3-7-17(16)12-19)25(32)30(26(33)29-27)15-23(31)28-14-22-21-13-18-8-4-5-9-20(18)24(21)22/h2-12,21-22,24H,13-15H2,1H3,(H,28,31)(H,29,33). The molecule has 0 radical (unpaired) electrons. The Morgan fingerprint density at radius 3 is 2.67 bits per heavy atom. The van der Waals surface area contributed by atoms with Gasteiger partial charge in [0.25, 0.3) is 5.91 Å². The number of carbonyl (C=O) groups excluding carboxylic acids is 3. The van der Waals surface area contributed by atoms with Gasteiger partial charge in [-0.3, -0.25) is 14.5 Å². The second-order valence-corrected chi connectivity index (χ2v) is 9.57. The summed E-state index contributed by atoms with van der Waals surface area (Å²) in [4.78, 5) is 39.5. The lowest BCUT2D eigenvalue weighted by Crippen LogP contribution is -2.43. The lowest BCUT2D eigenvalue weighted by Gasteiger charge is -2.22. The second-order valence-electron chi connectivity index (χ2n) is 9.57. The summed E-state index contributed by atoms with van der Waals surface area (Å²) in [5.74, 6) is 0.842. The molecule has 6 nitrogen and oxygen atoms in total. The highest BCUT2D eigenvalue weighted by molar-refractivity contribution is 6.09. The fraction of sp³-hybridized carbons (Fsp3) is 0.296. The Morgan fingerprint density at radius 2 is 1.82 bits per heavy atom. The summed E-state index contributed by atoms with van der Waals surface area (Å²) in [6, 6.07) is 21.5.